The van der Waals surface area contributed by atoms with E-state index in [4.69, 9.17) is 9.47 Å². The Morgan fingerprint density at radius 3 is 2.67 bits per heavy atom. The molecule has 1 rings (SSSR count). The van der Waals surface area contributed by atoms with Crippen molar-refractivity contribution < 1.29 is 23.8 Å². The SMILES string of the molecule is CCOC(=O)C(O)C(C)c1ccc(OC)c(F)c1. The number of esters is 1. The molecule has 18 heavy (non-hydrogen) atoms. The molecule has 0 saturated carbocycles. The van der Waals surface area contributed by atoms with Crippen LogP contribution in [0.2, 0.25) is 0 Å². The monoisotopic (exact) mass is 256 g/mol. The highest BCUT2D eigenvalue weighted by Gasteiger charge is 2.25. The van der Waals surface area contributed by atoms with Gasteiger partial charge in [0.25, 0.3) is 0 Å². The molecule has 0 amide bonds. The van der Waals surface area contributed by atoms with Gasteiger partial charge in [-0.1, -0.05) is 13.0 Å². The van der Waals surface area contributed by atoms with Gasteiger partial charge in [-0.05, 0) is 24.6 Å². The number of aliphatic hydroxyl groups is 1. The summed E-state index contributed by atoms with van der Waals surface area (Å²) in [6.45, 7) is 3.48. The molecule has 0 bridgehead atoms. The molecule has 2 unspecified atom stereocenters. The number of hydrogen-bond donors (Lipinski definition) is 1. The quantitative estimate of drug-likeness (QED) is 0.817. The Kier molecular flexibility index (Phi) is 5.09. The van der Waals surface area contributed by atoms with Crippen molar-refractivity contribution in [2.24, 2.45) is 0 Å². The molecule has 1 aromatic carbocycles. The second-order valence-corrected chi connectivity index (χ2v) is 3.88. The molecule has 0 fully saturated rings. The fourth-order valence-electron chi connectivity index (χ4n) is 1.58. The molecule has 1 aromatic rings. The average Bonchev–Trinajstić information content (AvgIpc) is 2.37. The number of rotatable bonds is 5. The van der Waals surface area contributed by atoms with E-state index in [1.165, 1.54) is 19.2 Å². The molecular weight excluding hydrogens is 239 g/mol. The van der Waals surface area contributed by atoms with E-state index < -0.39 is 23.8 Å². The lowest BCUT2D eigenvalue weighted by molar-refractivity contribution is -0.154. The van der Waals surface area contributed by atoms with E-state index in [1.807, 2.05) is 0 Å². The molecule has 0 aliphatic carbocycles. The summed E-state index contributed by atoms with van der Waals surface area (Å²) in [5.41, 5.74) is 0.508. The zero-order valence-electron chi connectivity index (χ0n) is 10.6. The van der Waals surface area contributed by atoms with Crippen LogP contribution in [0.1, 0.15) is 25.3 Å². The molecule has 1 N–H and O–H groups in total. The van der Waals surface area contributed by atoms with E-state index in [9.17, 15) is 14.3 Å². The first-order chi connectivity index (χ1) is 8.51. The second kappa shape index (κ2) is 6.35. The van der Waals surface area contributed by atoms with Crippen molar-refractivity contribution in [1.82, 2.24) is 0 Å². The zero-order chi connectivity index (χ0) is 13.7. The highest BCUT2D eigenvalue weighted by Crippen LogP contribution is 2.25. The molecule has 0 spiro atoms. The highest BCUT2D eigenvalue weighted by atomic mass is 19.1. The van der Waals surface area contributed by atoms with Crippen LogP contribution in [0, 0.1) is 5.82 Å². The first kappa shape index (κ1) is 14.4. The molecule has 5 heteroatoms. The summed E-state index contributed by atoms with van der Waals surface area (Å²) in [6.07, 6.45) is -1.31. The molecule has 100 valence electrons. The van der Waals surface area contributed by atoms with Crippen LogP contribution in [0.4, 0.5) is 4.39 Å². The molecule has 4 nitrogen and oxygen atoms in total. The summed E-state index contributed by atoms with van der Waals surface area (Å²) in [7, 11) is 1.37. The topological polar surface area (TPSA) is 55.8 Å². The van der Waals surface area contributed by atoms with Crippen molar-refractivity contribution in [3.8, 4) is 5.75 Å². The zero-order valence-corrected chi connectivity index (χ0v) is 10.6. The largest absolute Gasteiger partial charge is 0.494 e. The number of carbonyl (C=O) groups is 1. The molecule has 0 saturated heterocycles. The van der Waals surface area contributed by atoms with Crippen molar-refractivity contribution >= 4 is 5.97 Å². The first-order valence-corrected chi connectivity index (χ1v) is 5.69. The lowest BCUT2D eigenvalue weighted by atomic mass is 9.95. The molecule has 0 aromatic heterocycles. The van der Waals surface area contributed by atoms with Gasteiger partial charge in [-0.3, -0.25) is 0 Å². The van der Waals surface area contributed by atoms with E-state index >= 15 is 0 Å². The molecule has 2 atom stereocenters. The Morgan fingerprint density at radius 1 is 1.50 bits per heavy atom. The minimum absolute atomic E-state index is 0.122. The first-order valence-electron chi connectivity index (χ1n) is 5.69. The van der Waals surface area contributed by atoms with E-state index in [1.54, 1.807) is 19.9 Å². The smallest absolute Gasteiger partial charge is 0.335 e. The number of ether oxygens (including phenoxy) is 2. The van der Waals surface area contributed by atoms with Crippen molar-refractivity contribution in [1.29, 1.82) is 0 Å². The number of hydrogen-bond acceptors (Lipinski definition) is 4. The van der Waals surface area contributed by atoms with Gasteiger partial charge in [0, 0.05) is 5.92 Å². The molecule has 0 heterocycles. The third-order valence-electron chi connectivity index (χ3n) is 2.70. The van der Waals surface area contributed by atoms with Crippen molar-refractivity contribution in [3.63, 3.8) is 0 Å². The lowest BCUT2D eigenvalue weighted by Gasteiger charge is -2.18. The van der Waals surface area contributed by atoms with Crippen LogP contribution in [0.25, 0.3) is 0 Å². The maximum Gasteiger partial charge on any atom is 0.335 e. The van der Waals surface area contributed by atoms with Crippen LogP contribution in [0.5, 0.6) is 5.75 Å². The second-order valence-electron chi connectivity index (χ2n) is 3.88. The Balaban J connectivity index is 2.86. The number of methoxy groups -OCH3 is 1. The van der Waals surface area contributed by atoms with Gasteiger partial charge in [0.15, 0.2) is 17.7 Å². The summed E-state index contributed by atoms with van der Waals surface area (Å²) in [4.78, 5) is 11.4. The van der Waals surface area contributed by atoms with Crippen LogP contribution in [0.15, 0.2) is 18.2 Å². The van der Waals surface area contributed by atoms with Gasteiger partial charge < -0.3 is 14.6 Å². The molecule has 0 aliphatic rings. The summed E-state index contributed by atoms with van der Waals surface area (Å²) >= 11 is 0. The van der Waals surface area contributed by atoms with Crippen LogP contribution in [0.3, 0.4) is 0 Å². The van der Waals surface area contributed by atoms with Gasteiger partial charge in [0.05, 0.1) is 13.7 Å². The third kappa shape index (κ3) is 3.20. The van der Waals surface area contributed by atoms with Crippen LogP contribution in [-0.4, -0.2) is 30.9 Å². The normalized spacial score (nSPS) is 13.8. The maximum atomic E-state index is 13.5. The van der Waals surface area contributed by atoms with Crippen molar-refractivity contribution in [2.75, 3.05) is 13.7 Å². The van der Waals surface area contributed by atoms with E-state index in [0.717, 1.165) is 0 Å². The van der Waals surface area contributed by atoms with Crippen molar-refractivity contribution in [2.45, 2.75) is 25.9 Å². The summed E-state index contributed by atoms with van der Waals surface area (Å²) in [5, 5.41) is 9.76. The summed E-state index contributed by atoms with van der Waals surface area (Å²) in [5.74, 6) is -1.67. The summed E-state index contributed by atoms with van der Waals surface area (Å²) < 4.78 is 23.0. The minimum Gasteiger partial charge on any atom is -0.494 e. The predicted molar refractivity (Wildman–Crippen MR) is 64.0 cm³/mol. The summed E-state index contributed by atoms with van der Waals surface area (Å²) in [6, 6.07) is 4.31. The van der Waals surface area contributed by atoms with Gasteiger partial charge in [-0.25, -0.2) is 9.18 Å². The van der Waals surface area contributed by atoms with Gasteiger partial charge in [0.1, 0.15) is 0 Å². The minimum atomic E-state index is -1.31. The number of aliphatic hydroxyl groups excluding tert-OH is 1. The van der Waals surface area contributed by atoms with Gasteiger partial charge >= 0.3 is 5.97 Å². The fourth-order valence-corrected chi connectivity index (χ4v) is 1.58. The lowest BCUT2D eigenvalue weighted by Crippen LogP contribution is -2.28. The van der Waals surface area contributed by atoms with E-state index in [2.05, 4.69) is 0 Å². The Morgan fingerprint density at radius 2 is 2.17 bits per heavy atom. The Labute approximate surface area is 105 Å². The number of halogens is 1. The molecule has 0 aliphatic heterocycles. The van der Waals surface area contributed by atoms with E-state index in [0.29, 0.717) is 5.56 Å². The Bertz CT molecular complexity index is 419. The van der Waals surface area contributed by atoms with E-state index in [-0.39, 0.29) is 12.4 Å². The number of carbonyl (C=O) groups excluding carboxylic acids is 1. The van der Waals surface area contributed by atoms with Crippen LogP contribution >= 0.6 is 0 Å². The van der Waals surface area contributed by atoms with Gasteiger partial charge in [0.2, 0.25) is 0 Å². The number of benzene rings is 1. The van der Waals surface area contributed by atoms with Crippen molar-refractivity contribution in [3.05, 3.63) is 29.6 Å². The van der Waals surface area contributed by atoms with Gasteiger partial charge in [-0.15, -0.1) is 0 Å². The Hall–Kier alpha value is -1.62. The maximum absolute atomic E-state index is 13.5. The third-order valence-corrected chi connectivity index (χ3v) is 2.70. The van der Waals surface area contributed by atoms with Crippen LogP contribution < -0.4 is 4.74 Å². The molecular formula is C13H17FO4. The fraction of sp³-hybridized carbons (Fsp3) is 0.462. The highest BCUT2D eigenvalue weighted by molar-refractivity contribution is 5.75. The van der Waals surface area contributed by atoms with Crippen LogP contribution in [-0.2, 0) is 9.53 Å². The average molecular weight is 256 g/mol. The predicted octanol–water partition coefficient (Wildman–Crippen LogP) is 1.86. The standard InChI is InChI=1S/C13H17FO4/c1-4-18-13(16)12(15)8(2)9-5-6-11(17-3)10(14)7-9/h5-8,12,15H,4H2,1-3H3. The van der Waals surface area contributed by atoms with Gasteiger partial charge in [-0.2, -0.15) is 0 Å². The molecule has 0 radical (unpaired) electrons.